The number of halogens is 4. The molecule has 8 heteroatoms. The Kier molecular flexibility index (Phi) is 4.19. The number of hydrogen-bond acceptors (Lipinski definition) is 4. The van der Waals surface area contributed by atoms with Crippen LogP contribution >= 0.6 is 22.6 Å². The summed E-state index contributed by atoms with van der Waals surface area (Å²) in [5.41, 5.74) is -0.0119. The first kappa shape index (κ1) is 13.3. The van der Waals surface area contributed by atoms with Crippen molar-refractivity contribution in [3.8, 4) is 11.5 Å². The van der Waals surface area contributed by atoms with Gasteiger partial charge in [-0.25, -0.2) is 0 Å². The maximum absolute atomic E-state index is 12.1. The molecule has 0 bridgehead atoms. The summed E-state index contributed by atoms with van der Waals surface area (Å²) >= 11 is 1.63. The summed E-state index contributed by atoms with van der Waals surface area (Å²) in [6.45, 7) is -0.533. The average Bonchev–Trinajstić information content (AvgIpc) is 2.19. The molecule has 1 aromatic rings. The van der Waals surface area contributed by atoms with E-state index in [1.165, 1.54) is 7.11 Å². The molecule has 1 N–H and O–H groups in total. The van der Waals surface area contributed by atoms with Crippen LogP contribution in [-0.2, 0) is 6.61 Å². The molecular formula is C8H7F3INO3. The molecule has 0 saturated heterocycles. The zero-order valence-electron chi connectivity index (χ0n) is 8.01. The lowest BCUT2D eigenvalue weighted by Gasteiger charge is -2.15. The van der Waals surface area contributed by atoms with Crippen LogP contribution in [0, 0.1) is 3.57 Å². The van der Waals surface area contributed by atoms with E-state index in [0.717, 1.165) is 6.20 Å². The van der Waals surface area contributed by atoms with Crippen molar-refractivity contribution in [2.75, 3.05) is 7.11 Å². The van der Waals surface area contributed by atoms with Gasteiger partial charge in [0.25, 0.3) is 0 Å². The maximum atomic E-state index is 12.1. The first-order valence-electron chi connectivity index (χ1n) is 3.97. The number of hydrogen-bond donors (Lipinski definition) is 1. The van der Waals surface area contributed by atoms with E-state index in [1.54, 1.807) is 22.6 Å². The summed E-state index contributed by atoms with van der Waals surface area (Å²) in [6.07, 6.45) is -3.66. The summed E-state index contributed by atoms with van der Waals surface area (Å²) in [5.74, 6) is -0.707. The Morgan fingerprint density at radius 3 is 2.50 bits per heavy atom. The standard InChI is InChI=1S/C8H7F3INO3/c1-15-7-5(3-14)13-2-4(12)6(7)16-8(9,10)11/h2,14H,3H2,1H3. The summed E-state index contributed by atoms with van der Waals surface area (Å²) in [6, 6.07) is 0. The zero-order valence-corrected chi connectivity index (χ0v) is 10.2. The summed E-state index contributed by atoms with van der Waals surface area (Å²) in [4.78, 5) is 3.73. The Bertz CT molecular complexity index is 384. The molecule has 0 radical (unpaired) electrons. The smallest absolute Gasteiger partial charge is 0.491 e. The minimum Gasteiger partial charge on any atom is -0.491 e. The van der Waals surface area contributed by atoms with E-state index in [1.807, 2.05) is 0 Å². The highest BCUT2D eigenvalue weighted by Crippen LogP contribution is 2.37. The van der Waals surface area contributed by atoms with Crippen LogP contribution in [-0.4, -0.2) is 23.6 Å². The fourth-order valence-electron chi connectivity index (χ4n) is 1.03. The average molecular weight is 349 g/mol. The fourth-order valence-corrected chi connectivity index (χ4v) is 1.52. The van der Waals surface area contributed by atoms with Crippen molar-refractivity contribution in [1.82, 2.24) is 4.98 Å². The molecule has 4 nitrogen and oxygen atoms in total. The van der Waals surface area contributed by atoms with Gasteiger partial charge in [0.1, 0.15) is 5.69 Å². The highest BCUT2D eigenvalue weighted by atomic mass is 127. The van der Waals surface area contributed by atoms with Gasteiger partial charge in [-0.05, 0) is 22.6 Å². The predicted molar refractivity (Wildman–Crippen MR) is 56.1 cm³/mol. The molecule has 0 fully saturated rings. The number of ether oxygens (including phenoxy) is 2. The maximum Gasteiger partial charge on any atom is 0.573 e. The van der Waals surface area contributed by atoms with E-state index in [4.69, 9.17) is 9.84 Å². The number of rotatable bonds is 3. The first-order chi connectivity index (χ1) is 7.39. The molecule has 0 aliphatic rings. The predicted octanol–water partition coefficient (Wildman–Crippen LogP) is 2.09. The van der Waals surface area contributed by atoms with Crippen LogP contribution in [0.2, 0.25) is 0 Å². The third kappa shape index (κ3) is 3.11. The van der Waals surface area contributed by atoms with Gasteiger partial charge in [0.2, 0.25) is 0 Å². The molecule has 0 aliphatic heterocycles. The number of alkyl halides is 3. The molecule has 16 heavy (non-hydrogen) atoms. The zero-order chi connectivity index (χ0) is 12.3. The molecule has 1 heterocycles. The van der Waals surface area contributed by atoms with Crippen molar-refractivity contribution in [1.29, 1.82) is 0 Å². The summed E-state index contributed by atoms with van der Waals surface area (Å²) < 4.78 is 45.0. The third-order valence-corrected chi connectivity index (χ3v) is 2.36. The number of aromatic nitrogens is 1. The highest BCUT2D eigenvalue weighted by Gasteiger charge is 2.34. The lowest BCUT2D eigenvalue weighted by Crippen LogP contribution is -2.19. The quantitative estimate of drug-likeness (QED) is 0.850. The van der Waals surface area contributed by atoms with Crippen LogP contribution in [0.4, 0.5) is 13.2 Å². The number of aliphatic hydroxyl groups is 1. The van der Waals surface area contributed by atoms with Gasteiger partial charge < -0.3 is 14.6 Å². The van der Waals surface area contributed by atoms with Crippen LogP contribution in [0.3, 0.4) is 0 Å². The molecule has 0 unspecified atom stereocenters. The van der Waals surface area contributed by atoms with E-state index in [-0.39, 0.29) is 15.0 Å². The number of methoxy groups -OCH3 is 1. The molecule has 0 atom stereocenters. The van der Waals surface area contributed by atoms with E-state index in [2.05, 4.69) is 9.72 Å². The second-order valence-electron chi connectivity index (χ2n) is 2.62. The topological polar surface area (TPSA) is 51.6 Å². The molecule has 0 spiro atoms. The van der Waals surface area contributed by atoms with Crippen LogP contribution in [0.1, 0.15) is 5.69 Å². The van der Waals surface area contributed by atoms with E-state index in [0.29, 0.717) is 0 Å². The van der Waals surface area contributed by atoms with Crippen molar-refractivity contribution in [2.24, 2.45) is 0 Å². The molecule has 0 saturated carbocycles. The monoisotopic (exact) mass is 349 g/mol. The van der Waals surface area contributed by atoms with Gasteiger partial charge in [-0.3, -0.25) is 4.98 Å². The van der Waals surface area contributed by atoms with Crippen LogP contribution in [0.25, 0.3) is 0 Å². The second kappa shape index (κ2) is 5.04. The Hall–Kier alpha value is -0.770. The Balaban J connectivity index is 3.23. The minimum atomic E-state index is -4.82. The number of pyridine rings is 1. The Labute approximate surface area is 103 Å². The third-order valence-electron chi connectivity index (χ3n) is 1.59. The minimum absolute atomic E-state index is 0.0119. The SMILES string of the molecule is COc1c(CO)ncc(I)c1OC(F)(F)F. The van der Waals surface area contributed by atoms with Crippen molar-refractivity contribution in [3.63, 3.8) is 0 Å². The largest absolute Gasteiger partial charge is 0.573 e. The fraction of sp³-hybridized carbons (Fsp3) is 0.375. The molecule has 0 aromatic carbocycles. The van der Waals surface area contributed by atoms with Gasteiger partial charge >= 0.3 is 6.36 Å². The first-order valence-corrected chi connectivity index (χ1v) is 5.05. The van der Waals surface area contributed by atoms with Crippen molar-refractivity contribution in [2.45, 2.75) is 13.0 Å². The lowest BCUT2D eigenvalue weighted by molar-refractivity contribution is -0.275. The van der Waals surface area contributed by atoms with Crippen LogP contribution in [0.15, 0.2) is 6.20 Å². The molecule has 1 aromatic heterocycles. The van der Waals surface area contributed by atoms with Crippen LogP contribution in [0.5, 0.6) is 11.5 Å². The lowest BCUT2D eigenvalue weighted by atomic mass is 10.3. The van der Waals surface area contributed by atoms with Gasteiger partial charge in [-0.2, -0.15) is 0 Å². The molecule has 1 rings (SSSR count). The van der Waals surface area contributed by atoms with Crippen molar-refractivity contribution >= 4 is 22.6 Å². The van der Waals surface area contributed by atoms with Gasteiger partial charge in [0, 0.05) is 6.20 Å². The summed E-state index contributed by atoms with van der Waals surface area (Å²) in [7, 11) is 1.18. The van der Waals surface area contributed by atoms with Crippen molar-refractivity contribution in [3.05, 3.63) is 15.5 Å². The van der Waals surface area contributed by atoms with Gasteiger partial charge in [0.05, 0.1) is 17.3 Å². The number of nitrogens with zero attached hydrogens (tertiary/aromatic N) is 1. The Morgan fingerprint density at radius 2 is 2.06 bits per heavy atom. The van der Waals surface area contributed by atoms with Crippen LogP contribution < -0.4 is 9.47 Å². The van der Waals surface area contributed by atoms with E-state index in [9.17, 15) is 13.2 Å². The molecule has 0 aliphatic carbocycles. The van der Waals surface area contributed by atoms with Crippen molar-refractivity contribution < 1.29 is 27.8 Å². The molecular weight excluding hydrogens is 342 g/mol. The van der Waals surface area contributed by atoms with Gasteiger partial charge in [-0.15, -0.1) is 13.2 Å². The van der Waals surface area contributed by atoms with E-state index < -0.39 is 18.7 Å². The highest BCUT2D eigenvalue weighted by molar-refractivity contribution is 14.1. The second-order valence-corrected chi connectivity index (χ2v) is 3.78. The number of aliphatic hydroxyl groups excluding tert-OH is 1. The summed E-state index contributed by atoms with van der Waals surface area (Å²) in [5, 5.41) is 8.88. The molecule has 90 valence electrons. The molecule has 0 amide bonds. The van der Waals surface area contributed by atoms with Gasteiger partial charge in [-0.1, -0.05) is 0 Å². The normalized spacial score (nSPS) is 11.4. The van der Waals surface area contributed by atoms with Gasteiger partial charge in [0.15, 0.2) is 11.5 Å². The van der Waals surface area contributed by atoms with E-state index >= 15 is 0 Å². The Morgan fingerprint density at radius 1 is 1.44 bits per heavy atom.